The Kier molecular flexibility index (Phi) is 10.6. The van der Waals surface area contributed by atoms with Crippen molar-refractivity contribution in [1.29, 1.82) is 0 Å². The van der Waals surface area contributed by atoms with Gasteiger partial charge in [0.1, 0.15) is 0 Å². The fourth-order valence-electron chi connectivity index (χ4n) is 0.202. The number of ether oxygens (including phenoxy) is 1. The predicted molar refractivity (Wildman–Crippen MR) is 50.8 cm³/mol. The van der Waals surface area contributed by atoms with E-state index in [0.717, 1.165) is 13.8 Å². The number of halogens is 3. The van der Waals surface area contributed by atoms with Crippen molar-refractivity contribution in [2.24, 2.45) is 0 Å². The number of esters is 2. The van der Waals surface area contributed by atoms with Gasteiger partial charge in [-0.25, -0.2) is 34.9 Å². The van der Waals surface area contributed by atoms with Crippen molar-refractivity contribution in [3.05, 3.63) is 0 Å². The van der Waals surface area contributed by atoms with Gasteiger partial charge in [0, 0.05) is 13.8 Å². The van der Waals surface area contributed by atoms with E-state index in [1.165, 1.54) is 0 Å². The highest BCUT2D eigenvalue weighted by atomic mass is 35.8. The Bertz CT molecular complexity index is 203. The smallest absolute Gasteiger partial charge is 0.387 e. The summed E-state index contributed by atoms with van der Waals surface area (Å²) in [4.78, 5) is 30.2. The van der Waals surface area contributed by atoms with Crippen LogP contribution < -0.4 is 0 Å². The molecule has 74 valence electrons. The standard InChI is InChI=1S/C5H6O4.Al.3ClH/c1-3(6)5(8)9-4(2)7;;;;/h1-2H3;;3*1H/q;+3;;;/p-3. The fraction of sp³-hybridized carbons (Fsp3) is 0.400. The van der Waals surface area contributed by atoms with Crippen molar-refractivity contribution in [2.75, 3.05) is 0 Å². The van der Waals surface area contributed by atoms with E-state index in [0.29, 0.717) is 0 Å². The monoisotopic (exact) mass is 262 g/mol. The van der Waals surface area contributed by atoms with Crippen LogP contribution in [0.25, 0.3) is 0 Å². The molecule has 0 radical (unpaired) electrons. The Balaban J connectivity index is 0. The van der Waals surface area contributed by atoms with Crippen LogP contribution in [0.1, 0.15) is 13.8 Å². The number of carbonyl (C=O) groups excluding carboxylic acids is 3. The Morgan fingerprint density at radius 3 is 1.46 bits per heavy atom. The molecule has 8 heteroatoms. The Morgan fingerprint density at radius 2 is 1.38 bits per heavy atom. The molecule has 0 aliphatic heterocycles. The van der Waals surface area contributed by atoms with Crippen LogP contribution in [0.3, 0.4) is 0 Å². The minimum atomic E-state index is -1.72. The summed E-state index contributed by atoms with van der Waals surface area (Å²) in [6, 6.07) is 0. The average Bonchev–Trinajstić information content (AvgIpc) is 1.83. The third-order valence-electron chi connectivity index (χ3n) is 0.524. The molecule has 0 fully saturated rings. The number of ketones is 1. The second kappa shape index (κ2) is 8.80. The van der Waals surface area contributed by atoms with Gasteiger partial charge in [-0.2, -0.15) is 0 Å². The number of hydrogen-bond donors (Lipinski definition) is 0. The molecule has 0 atom stereocenters. The minimum absolute atomic E-state index is 0.768. The molecule has 0 heterocycles. The zero-order valence-corrected chi connectivity index (χ0v) is 10.3. The molecule has 0 rings (SSSR count). The van der Waals surface area contributed by atoms with Gasteiger partial charge >= 0.3 is 23.3 Å². The molecule has 0 aromatic heterocycles. The molecule has 0 aliphatic carbocycles. The van der Waals surface area contributed by atoms with Crippen LogP contribution in [0.2, 0.25) is 0 Å². The Morgan fingerprint density at radius 1 is 1.08 bits per heavy atom. The summed E-state index contributed by atoms with van der Waals surface area (Å²) in [6.45, 7) is 2.09. The van der Waals surface area contributed by atoms with Crippen LogP contribution in [0.5, 0.6) is 0 Å². The van der Waals surface area contributed by atoms with Gasteiger partial charge in [-0.05, 0) is 0 Å². The van der Waals surface area contributed by atoms with Crippen LogP contribution in [-0.4, -0.2) is 29.1 Å². The van der Waals surface area contributed by atoms with Crippen molar-refractivity contribution in [3.8, 4) is 0 Å². The third-order valence-corrected chi connectivity index (χ3v) is 0.524. The van der Waals surface area contributed by atoms with Gasteiger partial charge in [0.15, 0.2) is 0 Å². The molecule has 0 N–H and O–H groups in total. The zero-order valence-electron chi connectivity index (χ0n) is 6.84. The van der Waals surface area contributed by atoms with Crippen molar-refractivity contribution >= 4 is 59.3 Å². The van der Waals surface area contributed by atoms with Gasteiger partial charge in [0.05, 0.1) is 0 Å². The normalized spacial score (nSPS) is 7.77. The summed E-state index contributed by atoms with van der Waals surface area (Å²) in [5.74, 6) is -2.65. The maximum atomic E-state index is 10.2. The molecule has 0 bridgehead atoms. The number of Topliss-reactive ketones (excluding diaryl/α,β-unsaturated/α-hetero) is 1. The lowest BCUT2D eigenvalue weighted by Gasteiger charge is -1.91. The maximum absolute atomic E-state index is 10.2. The molecule has 0 saturated carbocycles. The van der Waals surface area contributed by atoms with Crippen LogP contribution in [-0.2, 0) is 19.1 Å². The summed E-state index contributed by atoms with van der Waals surface area (Å²) in [7, 11) is 14.8. The molecule has 0 spiro atoms. The molecule has 0 amide bonds. The topological polar surface area (TPSA) is 60.4 Å². The minimum Gasteiger partial charge on any atom is -0.387 e. The second-order valence-electron chi connectivity index (χ2n) is 1.68. The van der Waals surface area contributed by atoms with Crippen molar-refractivity contribution < 1.29 is 19.1 Å². The molecule has 0 saturated heterocycles. The highest BCUT2D eigenvalue weighted by Crippen LogP contribution is 1.97. The first kappa shape index (κ1) is 15.7. The van der Waals surface area contributed by atoms with Crippen molar-refractivity contribution in [1.82, 2.24) is 0 Å². The predicted octanol–water partition coefficient (Wildman–Crippen LogP) is 1.35. The highest BCUT2D eigenvalue weighted by Gasteiger charge is 2.10. The van der Waals surface area contributed by atoms with Gasteiger partial charge in [0.2, 0.25) is 5.78 Å². The first-order valence-corrected chi connectivity index (χ1v) is 8.16. The lowest BCUT2D eigenvalue weighted by atomic mass is 10.5. The number of rotatable bonds is 1. The van der Waals surface area contributed by atoms with Gasteiger partial charge < -0.3 is 4.74 Å². The van der Waals surface area contributed by atoms with Crippen LogP contribution in [0, 0.1) is 0 Å². The first-order valence-electron chi connectivity index (χ1n) is 2.93. The zero-order chi connectivity index (χ0) is 11.0. The molecular formula is C5H6AlCl3O4. The van der Waals surface area contributed by atoms with Gasteiger partial charge in [-0.15, -0.1) is 0 Å². The summed E-state index contributed by atoms with van der Waals surface area (Å²) < 4.78 is 3.88. The molecule has 13 heavy (non-hydrogen) atoms. The molecule has 0 unspecified atom stereocenters. The van der Waals surface area contributed by atoms with E-state index in [9.17, 15) is 14.4 Å². The van der Waals surface area contributed by atoms with E-state index in [2.05, 4.69) is 4.74 Å². The maximum Gasteiger partial charge on any atom is 0.643 e. The van der Waals surface area contributed by atoms with Crippen molar-refractivity contribution in [2.45, 2.75) is 13.8 Å². The third kappa shape index (κ3) is 18.9. The van der Waals surface area contributed by atoms with E-state index in [1.54, 1.807) is 0 Å². The quantitative estimate of drug-likeness (QED) is 0.310. The van der Waals surface area contributed by atoms with Crippen LogP contribution in [0.15, 0.2) is 0 Å². The van der Waals surface area contributed by atoms with E-state index >= 15 is 0 Å². The second-order valence-corrected chi connectivity index (χ2v) is 8.12. The van der Waals surface area contributed by atoms with Gasteiger partial charge in [0.25, 0.3) is 0 Å². The summed E-state index contributed by atoms with van der Waals surface area (Å²) in [6.07, 6.45) is 0. The lowest BCUT2D eigenvalue weighted by Crippen LogP contribution is -2.16. The summed E-state index contributed by atoms with van der Waals surface area (Å²) in [5, 5.41) is 0. The Labute approximate surface area is 92.1 Å². The van der Waals surface area contributed by atoms with Crippen molar-refractivity contribution in [3.63, 3.8) is 0 Å². The van der Waals surface area contributed by atoms with E-state index in [4.69, 9.17) is 30.1 Å². The fourth-order valence-corrected chi connectivity index (χ4v) is 0.202. The molecule has 0 aromatic carbocycles. The van der Waals surface area contributed by atoms with Crippen LogP contribution >= 0.6 is 30.1 Å². The van der Waals surface area contributed by atoms with Gasteiger partial charge in [-0.3, -0.25) is 9.59 Å². The number of hydrogen-bond acceptors (Lipinski definition) is 4. The largest absolute Gasteiger partial charge is 0.643 e. The molecule has 4 nitrogen and oxygen atoms in total. The van der Waals surface area contributed by atoms with Gasteiger partial charge in [-0.1, -0.05) is 0 Å². The molecule has 0 aromatic rings. The molecule has 0 aliphatic rings. The van der Waals surface area contributed by atoms with Crippen LogP contribution in [0.4, 0.5) is 0 Å². The first-order chi connectivity index (χ1) is 5.77. The highest BCUT2D eigenvalue weighted by molar-refractivity contribution is 7.54. The lowest BCUT2D eigenvalue weighted by molar-refractivity contribution is -0.162. The van der Waals surface area contributed by atoms with E-state index in [-0.39, 0.29) is 0 Å². The molecular weight excluding hydrogens is 257 g/mol. The summed E-state index contributed by atoms with van der Waals surface area (Å²) in [5.41, 5.74) is 0. The van der Waals surface area contributed by atoms with E-state index in [1.807, 2.05) is 0 Å². The average molecular weight is 263 g/mol. The summed E-state index contributed by atoms with van der Waals surface area (Å²) >= 11 is -1.72. The Hall–Kier alpha value is 0.212. The number of carbonyl (C=O) groups is 3. The van der Waals surface area contributed by atoms with E-state index < -0.39 is 29.1 Å². The SMILES string of the molecule is CC(=O)OC(=O)C(C)=O.[Cl][Al]([Cl])[Cl].